The second kappa shape index (κ2) is 3.58. The smallest absolute Gasteiger partial charge is 0.276 e. The van der Waals surface area contributed by atoms with Crippen LogP contribution >= 0.6 is 11.8 Å². The minimum atomic E-state index is 0.383. The quantitative estimate of drug-likeness (QED) is 0.616. The molecule has 0 atom stereocenters. The number of aromatic nitrogens is 2. The van der Waals surface area contributed by atoms with Crippen LogP contribution in [-0.4, -0.2) is 23.6 Å². The van der Waals surface area contributed by atoms with E-state index in [4.69, 9.17) is 9.15 Å². The van der Waals surface area contributed by atoms with Crippen molar-refractivity contribution in [2.75, 3.05) is 13.4 Å². The van der Waals surface area contributed by atoms with Gasteiger partial charge in [0.25, 0.3) is 5.22 Å². The van der Waals surface area contributed by atoms with Crippen molar-refractivity contribution in [3.8, 4) is 0 Å². The summed E-state index contributed by atoms with van der Waals surface area (Å²) in [5, 5.41) is 8.01. The van der Waals surface area contributed by atoms with Crippen LogP contribution in [0.2, 0.25) is 0 Å². The Bertz CT molecular complexity index is 201. The topological polar surface area (TPSA) is 48.2 Å². The molecule has 1 heterocycles. The normalized spacial score (nSPS) is 10.2. The van der Waals surface area contributed by atoms with Gasteiger partial charge in [-0.05, 0) is 6.26 Å². The standard InChI is InChI=1S/C5H8N2O2S/c1-8-3-4-6-7-5(9-4)10-2/h3H2,1-2H3. The first-order valence-electron chi connectivity index (χ1n) is 2.72. The van der Waals surface area contributed by atoms with E-state index in [0.29, 0.717) is 17.7 Å². The third-order valence-corrected chi connectivity index (χ3v) is 1.40. The first-order chi connectivity index (χ1) is 4.86. The summed E-state index contributed by atoms with van der Waals surface area (Å²) in [6.45, 7) is 0.383. The minimum absolute atomic E-state index is 0.383. The number of methoxy groups -OCH3 is 1. The molecule has 1 aromatic rings. The molecule has 5 heteroatoms. The summed E-state index contributed by atoms with van der Waals surface area (Å²) in [5.74, 6) is 0.520. The van der Waals surface area contributed by atoms with Gasteiger partial charge in [-0.25, -0.2) is 0 Å². The van der Waals surface area contributed by atoms with E-state index in [0.717, 1.165) is 0 Å². The summed E-state index contributed by atoms with van der Waals surface area (Å²) in [4.78, 5) is 0. The van der Waals surface area contributed by atoms with Crippen molar-refractivity contribution < 1.29 is 9.15 Å². The van der Waals surface area contributed by atoms with Gasteiger partial charge in [0.05, 0.1) is 0 Å². The predicted molar refractivity (Wildman–Crippen MR) is 36.8 cm³/mol. The summed E-state index contributed by atoms with van der Waals surface area (Å²) in [6, 6.07) is 0. The van der Waals surface area contributed by atoms with Crippen molar-refractivity contribution in [1.82, 2.24) is 10.2 Å². The van der Waals surface area contributed by atoms with Crippen LogP contribution in [0.4, 0.5) is 0 Å². The van der Waals surface area contributed by atoms with Crippen molar-refractivity contribution in [3.63, 3.8) is 0 Å². The molecule has 0 saturated carbocycles. The van der Waals surface area contributed by atoms with Gasteiger partial charge in [0.1, 0.15) is 6.61 Å². The lowest BCUT2D eigenvalue weighted by Crippen LogP contribution is -1.85. The van der Waals surface area contributed by atoms with Crippen LogP contribution in [-0.2, 0) is 11.3 Å². The van der Waals surface area contributed by atoms with E-state index in [1.165, 1.54) is 11.8 Å². The molecule has 4 nitrogen and oxygen atoms in total. The first kappa shape index (κ1) is 7.56. The molecule has 1 aromatic heterocycles. The summed E-state index contributed by atoms with van der Waals surface area (Å²) in [5.41, 5.74) is 0. The molecule has 0 unspecified atom stereocenters. The minimum Gasteiger partial charge on any atom is -0.413 e. The van der Waals surface area contributed by atoms with Crippen molar-refractivity contribution in [1.29, 1.82) is 0 Å². The highest BCUT2D eigenvalue weighted by Gasteiger charge is 2.02. The van der Waals surface area contributed by atoms with Gasteiger partial charge < -0.3 is 9.15 Å². The monoisotopic (exact) mass is 160 g/mol. The Labute approximate surface area is 63.0 Å². The lowest BCUT2D eigenvalue weighted by atomic mass is 10.7. The van der Waals surface area contributed by atoms with Gasteiger partial charge in [0, 0.05) is 7.11 Å². The van der Waals surface area contributed by atoms with Crippen molar-refractivity contribution >= 4 is 11.8 Å². The van der Waals surface area contributed by atoms with Crippen molar-refractivity contribution in [2.45, 2.75) is 11.8 Å². The third-order valence-electron chi connectivity index (χ3n) is 0.891. The zero-order chi connectivity index (χ0) is 7.40. The number of hydrogen-bond acceptors (Lipinski definition) is 5. The predicted octanol–water partition coefficient (Wildman–Crippen LogP) is 0.938. The fourth-order valence-corrected chi connectivity index (χ4v) is 0.804. The number of thioether (sulfide) groups is 1. The number of hydrogen-bond donors (Lipinski definition) is 0. The molecule has 1 rings (SSSR count). The second-order valence-electron chi connectivity index (χ2n) is 1.60. The molecule has 0 N–H and O–H groups in total. The van der Waals surface area contributed by atoms with Gasteiger partial charge in [0.15, 0.2) is 0 Å². The SMILES string of the molecule is COCc1nnc(SC)o1. The Hall–Kier alpha value is -0.550. The van der Waals surface area contributed by atoms with Crippen molar-refractivity contribution in [3.05, 3.63) is 5.89 Å². The summed E-state index contributed by atoms with van der Waals surface area (Å²) in [6.07, 6.45) is 1.88. The average Bonchev–Trinajstić information content (AvgIpc) is 2.37. The third kappa shape index (κ3) is 1.71. The first-order valence-corrected chi connectivity index (χ1v) is 3.94. The molecule has 0 bridgehead atoms. The van der Waals surface area contributed by atoms with Gasteiger partial charge >= 0.3 is 0 Å². The zero-order valence-corrected chi connectivity index (χ0v) is 6.64. The van der Waals surface area contributed by atoms with Crippen LogP contribution < -0.4 is 0 Å². The molecular weight excluding hydrogens is 152 g/mol. The molecule has 10 heavy (non-hydrogen) atoms. The Balaban J connectivity index is 2.59. The van der Waals surface area contributed by atoms with Crippen molar-refractivity contribution in [2.24, 2.45) is 0 Å². The van der Waals surface area contributed by atoms with Crippen LogP contribution in [0.25, 0.3) is 0 Å². The molecule has 56 valence electrons. The maximum absolute atomic E-state index is 5.09. The van der Waals surface area contributed by atoms with E-state index in [-0.39, 0.29) is 0 Å². The van der Waals surface area contributed by atoms with E-state index in [1.807, 2.05) is 6.26 Å². The highest BCUT2D eigenvalue weighted by Crippen LogP contribution is 2.11. The summed E-state index contributed by atoms with van der Waals surface area (Å²) >= 11 is 1.42. The van der Waals surface area contributed by atoms with Crippen LogP contribution in [0, 0.1) is 0 Å². The average molecular weight is 160 g/mol. The van der Waals surface area contributed by atoms with Crippen LogP contribution in [0.15, 0.2) is 9.64 Å². The number of ether oxygens (including phenoxy) is 1. The van der Waals surface area contributed by atoms with E-state index < -0.39 is 0 Å². The van der Waals surface area contributed by atoms with Gasteiger partial charge in [-0.15, -0.1) is 10.2 Å². The van der Waals surface area contributed by atoms with Crippen LogP contribution in [0.5, 0.6) is 0 Å². The van der Waals surface area contributed by atoms with E-state index in [1.54, 1.807) is 7.11 Å². The molecule has 0 amide bonds. The largest absolute Gasteiger partial charge is 0.413 e. The molecule has 0 radical (unpaired) electrons. The lowest BCUT2D eigenvalue weighted by Gasteiger charge is -1.87. The van der Waals surface area contributed by atoms with Crippen LogP contribution in [0.1, 0.15) is 5.89 Å². The molecule has 0 saturated heterocycles. The fraction of sp³-hybridized carbons (Fsp3) is 0.600. The maximum Gasteiger partial charge on any atom is 0.276 e. The van der Waals surface area contributed by atoms with Gasteiger partial charge in [-0.1, -0.05) is 11.8 Å². The molecule has 0 aliphatic heterocycles. The fourth-order valence-electron chi connectivity index (χ4n) is 0.502. The van der Waals surface area contributed by atoms with Gasteiger partial charge in [-0.3, -0.25) is 0 Å². The van der Waals surface area contributed by atoms with E-state index >= 15 is 0 Å². The summed E-state index contributed by atoms with van der Waals surface area (Å²) in [7, 11) is 1.59. The highest BCUT2D eigenvalue weighted by molar-refractivity contribution is 7.98. The maximum atomic E-state index is 5.09. The summed E-state index contributed by atoms with van der Waals surface area (Å²) < 4.78 is 9.87. The Morgan fingerprint density at radius 1 is 1.60 bits per heavy atom. The van der Waals surface area contributed by atoms with Crippen LogP contribution in [0.3, 0.4) is 0 Å². The molecule has 0 fully saturated rings. The van der Waals surface area contributed by atoms with Gasteiger partial charge in [0.2, 0.25) is 5.89 Å². The number of rotatable bonds is 3. The Morgan fingerprint density at radius 2 is 2.40 bits per heavy atom. The molecule has 0 aliphatic rings. The van der Waals surface area contributed by atoms with E-state index in [2.05, 4.69) is 10.2 Å². The Kier molecular flexibility index (Phi) is 2.70. The molecule has 0 aromatic carbocycles. The molecular formula is C5H8N2O2S. The van der Waals surface area contributed by atoms with E-state index in [9.17, 15) is 0 Å². The second-order valence-corrected chi connectivity index (χ2v) is 2.36. The Morgan fingerprint density at radius 3 is 2.90 bits per heavy atom. The molecule has 0 spiro atoms. The highest BCUT2D eigenvalue weighted by atomic mass is 32.2. The lowest BCUT2D eigenvalue weighted by molar-refractivity contribution is 0.155. The molecule has 0 aliphatic carbocycles. The number of nitrogens with zero attached hydrogens (tertiary/aromatic N) is 2. The zero-order valence-electron chi connectivity index (χ0n) is 5.83. The van der Waals surface area contributed by atoms with Gasteiger partial charge in [-0.2, -0.15) is 0 Å².